The third kappa shape index (κ3) is 2.94. The van der Waals surface area contributed by atoms with Crippen LogP contribution in [0.15, 0.2) is 61.2 Å². The Morgan fingerprint density at radius 2 is 1.90 bits per heavy atom. The molecule has 20 heavy (non-hydrogen) atoms. The zero-order chi connectivity index (χ0) is 13.1. The number of para-hydroxylation sites is 2. The molecule has 3 heteroatoms. The molecular formula is C17H18BrNO. The second-order valence-electron chi connectivity index (χ2n) is 4.83. The Morgan fingerprint density at radius 3 is 2.65 bits per heavy atom. The maximum Gasteiger partial charge on any atom is 0.227 e. The Balaban J connectivity index is 0.00000147. The highest BCUT2D eigenvalue weighted by Gasteiger charge is 2.23. The second kappa shape index (κ2) is 6.73. The average molecular weight is 332 g/mol. The number of quaternary nitrogens is 1. The van der Waals surface area contributed by atoms with E-state index in [0.29, 0.717) is 6.73 Å². The van der Waals surface area contributed by atoms with Crippen LogP contribution in [-0.4, -0.2) is 6.73 Å². The molecule has 1 atom stereocenters. The van der Waals surface area contributed by atoms with Crippen LogP contribution in [-0.2, 0) is 13.0 Å². The van der Waals surface area contributed by atoms with E-state index in [1.54, 1.807) is 0 Å². The minimum Gasteiger partial charge on any atom is -1.00 e. The van der Waals surface area contributed by atoms with Crippen LogP contribution < -0.4 is 26.6 Å². The number of benzene rings is 2. The molecule has 0 radical (unpaired) electrons. The van der Waals surface area contributed by atoms with Crippen molar-refractivity contribution in [3.05, 3.63) is 72.3 Å². The fraction of sp³-hybridized carbons (Fsp3) is 0.176. The van der Waals surface area contributed by atoms with Gasteiger partial charge >= 0.3 is 0 Å². The van der Waals surface area contributed by atoms with Gasteiger partial charge in [0.05, 0.1) is 0 Å². The van der Waals surface area contributed by atoms with Crippen molar-refractivity contribution in [3.8, 4) is 5.75 Å². The molecule has 104 valence electrons. The number of fused-ring (bicyclic) bond motifs is 1. The molecule has 0 aromatic heterocycles. The van der Waals surface area contributed by atoms with Crippen LogP contribution in [0.4, 0.5) is 5.69 Å². The minimum absolute atomic E-state index is 0. The van der Waals surface area contributed by atoms with Gasteiger partial charge in [-0.25, -0.2) is 0 Å². The van der Waals surface area contributed by atoms with E-state index in [1.165, 1.54) is 21.7 Å². The molecule has 1 N–H and O–H groups in total. The van der Waals surface area contributed by atoms with Crippen LogP contribution >= 0.6 is 0 Å². The molecule has 0 saturated heterocycles. The molecule has 0 fully saturated rings. The first kappa shape index (κ1) is 14.8. The van der Waals surface area contributed by atoms with Gasteiger partial charge in [0.15, 0.2) is 0 Å². The number of rotatable bonds is 3. The van der Waals surface area contributed by atoms with Crippen molar-refractivity contribution in [2.75, 3.05) is 6.73 Å². The molecule has 0 saturated carbocycles. The summed E-state index contributed by atoms with van der Waals surface area (Å²) in [5.74, 6) is 1.06. The van der Waals surface area contributed by atoms with E-state index >= 15 is 0 Å². The van der Waals surface area contributed by atoms with Crippen molar-refractivity contribution in [1.82, 2.24) is 0 Å². The van der Waals surface area contributed by atoms with Crippen LogP contribution in [0.25, 0.3) is 0 Å². The fourth-order valence-electron chi connectivity index (χ4n) is 2.58. The monoisotopic (exact) mass is 331 g/mol. The average Bonchev–Trinajstić information content (AvgIpc) is 2.48. The molecule has 1 unspecified atom stereocenters. The molecule has 1 heterocycles. The van der Waals surface area contributed by atoms with Gasteiger partial charge < -0.3 is 21.7 Å². The van der Waals surface area contributed by atoms with Crippen LogP contribution in [0, 0.1) is 0 Å². The molecule has 0 spiro atoms. The predicted molar refractivity (Wildman–Crippen MR) is 76.6 cm³/mol. The van der Waals surface area contributed by atoms with E-state index < -0.39 is 0 Å². The van der Waals surface area contributed by atoms with Crippen LogP contribution in [0.3, 0.4) is 0 Å². The van der Waals surface area contributed by atoms with Crippen molar-refractivity contribution in [2.24, 2.45) is 0 Å². The first-order chi connectivity index (χ1) is 9.38. The van der Waals surface area contributed by atoms with Gasteiger partial charge in [-0.2, -0.15) is 0 Å². The molecule has 1 aliphatic rings. The molecule has 0 amide bonds. The minimum atomic E-state index is 0. The van der Waals surface area contributed by atoms with E-state index in [2.05, 4.69) is 49.0 Å². The van der Waals surface area contributed by atoms with Crippen molar-refractivity contribution < 1.29 is 26.6 Å². The summed E-state index contributed by atoms with van der Waals surface area (Å²) in [5.41, 5.74) is 3.80. The highest BCUT2D eigenvalue weighted by atomic mass is 79.9. The lowest BCUT2D eigenvalue weighted by atomic mass is 10.0. The summed E-state index contributed by atoms with van der Waals surface area (Å²) >= 11 is 0. The molecule has 0 bridgehead atoms. The summed E-state index contributed by atoms with van der Waals surface area (Å²) in [5, 5.41) is 0. The zero-order valence-electron chi connectivity index (χ0n) is 11.3. The van der Waals surface area contributed by atoms with Gasteiger partial charge in [0.1, 0.15) is 18.0 Å². The first-order valence-electron chi connectivity index (χ1n) is 6.63. The lowest BCUT2D eigenvalue weighted by Crippen LogP contribution is -3.07. The second-order valence-corrected chi connectivity index (χ2v) is 4.83. The van der Waals surface area contributed by atoms with Gasteiger partial charge in [-0.3, -0.25) is 4.90 Å². The number of hydrogen-bond donors (Lipinski definition) is 1. The van der Waals surface area contributed by atoms with Gasteiger partial charge in [-0.1, -0.05) is 36.4 Å². The number of ether oxygens (including phenoxy) is 1. The van der Waals surface area contributed by atoms with E-state index in [0.717, 1.165) is 18.7 Å². The normalized spacial score (nSPS) is 16.5. The summed E-state index contributed by atoms with van der Waals surface area (Å²) in [6.07, 6.45) is 2.79. The number of hydrogen-bond acceptors (Lipinski definition) is 1. The van der Waals surface area contributed by atoms with Gasteiger partial charge in [0, 0.05) is 5.56 Å². The van der Waals surface area contributed by atoms with Crippen molar-refractivity contribution >= 4 is 5.69 Å². The summed E-state index contributed by atoms with van der Waals surface area (Å²) in [6.45, 7) is 5.47. The fourth-order valence-corrected chi connectivity index (χ4v) is 2.58. The maximum absolute atomic E-state index is 5.99. The van der Waals surface area contributed by atoms with Crippen molar-refractivity contribution in [1.29, 1.82) is 0 Å². The van der Waals surface area contributed by atoms with E-state index in [9.17, 15) is 0 Å². The van der Waals surface area contributed by atoms with Gasteiger partial charge in [-0.05, 0) is 30.2 Å². The van der Waals surface area contributed by atoms with Crippen molar-refractivity contribution in [3.63, 3.8) is 0 Å². The number of nitrogens with one attached hydrogen (secondary N) is 1. The molecule has 2 nitrogen and oxygen atoms in total. The standard InChI is InChI=1S/C17H17NO.BrH/c1-2-7-14-8-6-9-15-12-18(13-19-17(14)15)16-10-4-3-5-11-16;/h2-6,8-11H,1,7,12-13H2;1H. The van der Waals surface area contributed by atoms with Crippen molar-refractivity contribution in [2.45, 2.75) is 13.0 Å². The Morgan fingerprint density at radius 1 is 1.10 bits per heavy atom. The third-order valence-electron chi connectivity index (χ3n) is 3.52. The quantitative estimate of drug-likeness (QED) is 0.748. The highest BCUT2D eigenvalue weighted by Crippen LogP contribution is 2.26. The van der Waals surface area contributed by atoms with Crippen LogP contribution in [0.1, 0.15) is 11.1 Å². The molecule has 1 aliphatic heterocycles. The van der Waals surface area contributed by atoms with E-state index in [4.69, 9.17) is 4.74 Å². The van der Waals surface area contributed by atoms with Gasteiger partial charge in [-0.15, -0.1) is 6.58 Å². The van der Waals surface area contributed by atoms with Gasteiger partial charge in [0.25, 0.3) is 0 Å². The Labute approximate surface area is 130 Å². The molecule has 0 aliphatic carbocycles. The molecule has 2 aromatic carbocycles. The topological polar surface area (TPSA) is 13.7 Å². The molecular weight excluding hydrogens is 314 g/mol. The molecule has 3 rings (SSSR count). The Hall–Kier alpha value is -1.58. The van der Waals surface area contributed by atoms with Crippen LogP contribution in [0.5, 0.6) is 5.75 Å². The smallest absolute Gasteiger partial charge is 0.227 e. The zero-order valence-corrected chi connectivity index (χ0v) is 12.9. The number of halogens is 1. The van der Waals surface area contributed by atoms with Crippen LogP contribution in [0.2, 0.25) is 0 Å². The summed E-state index contributed by atoms with van der Waals surface area (Å²) in [7, 11) is 0. The Bertz CT molecular complexity index is 583. The third-order valence-corrected chi connectivity index (χ3v) is 3.52. The highest BCUT2D eigenvalue weighted by molar-refractivity contribution is 5.43. The van der Waals surface area contributed by atoms with Gasteiger partial charge in [0.2, 0.25) is 6.73 Å². The SMILES string of the molecule is C=CCc1cccc2c1OC[NH+](c1ccccc1)C2.[Br-]. The Kier molecular flexibility index (Phi) is 4.99. The summed E-state index contributed by atoms with van der Waals surface area (Å²) < 4.78 is 5.99. The molecule has 2 aromatic rings. The van der Waals surface area contributed by atoms with E-state index in [-0.39, 0.29) is 17.0 Å². The summed E-state index contributed by atoms with van der Waals surface area (Å²) in [6, 6.07) is 16.9. The first-order valence-corrected chi connectivity index (χ1v) is 6.63. The predicted octanol–water partition coefficient (Wildman–Crippen LogP) is -0.514. The number of allylic oxidation sites excluding steroid dienone is 1. The van der Waals surface area contributed by atoms with E-state index in [1.807, 2.05) is 12.1 Å². The maximum atomic E-state index is 5.99. The lowest BCUT2D eigenvalue weighted by Gasteiger charge is -2.27. The largest absolute Gasteiger partial charge is 1.00 e. The lowest BCUT2D eigenvalue weighted by molar-refractivity contribution is -0.868. The summed E-state index contributed by atoms with van der Waals surface area (Å²) in [4.78, 5) is 1.35.